The smallest absolute Gasteiger partial charge is 0.255 e. The molecular formula is C22H26N2O3S. The minimum atomic E-state index is -0.198. The fraction of sp³-hybridized carbons (Fsp3) is 0.364. The van der Waals surface area contributed by atoms with Crippen molar-refractivity contribution < 1.29 is 14.3 Å². The maximum absolute atomic E-state index is 12.3. The second kappa shape index (κ2) is 10.2. The van der Waals surface area contributed by atoms with Crippen molar-refractivity contribution in [3.05, 3.63) is 54.1 Å². The van der Waals surface area contributed by atoms with Crippen LogP contribution in [0.4, 0.5) is 11.4 Å². The average molecular weight is 399 g/mol. The normalized spacial score (nSPS) is 14.3. The maximum atomic E-state index is 12.3. The van der Waals surface area contributed by atoms with Gasteiger partial charge in [-0.15, -0.1) is 11.8 Å². The Kier molecular flexibility index (Phi) is 7.37. The third-order valence-corrected chi connectivity index (χ3v) is 6.15. The van der Waals surface area contributed by atoms with E-state index in [1.54, 1.807) is 67.4 Å². The summed E-state index contributed by atoms with van der Waals surface area (Å²) < 4.78 is 5.11. The lowest BCUT2D eigenvalue weighted by Crippen LogP contribution is -2.18. The first kappa shape index (κ1) is 20.3. The molecule has 5 nitrogen and oxygen atoms in total. The summed E-state index contributed by atoms with van der Waals surface area (Å²) in [6.07, 6.45) is 6.31. The summed E-state index contributed by atoms with van der Waals surface area (Å²) in [6.45, 7) is 0. The number of carbonyl (C=O) groups is 2. The molecule has 0 radical (unpaired) electrons. The molecule has 148 valence electrons. The zero-order chi connectivity index (χ0) is 19.8. The molecule has 0 heterocycles. The highest BCUT2D eigenvalue weighted by atomic mass is 32.2. The van der Waals surface area contributed by atoms with E-state index in [9.17, 15) is 9.59 Å². The van der Waals surface area contributed by atoms with Crippen molar-refractivity contribution in [1.29, 1.82) is 0 Å². The molecule has 1 fully saturated rings. The van der Waals surface area contributed by atoms with Crippen LogP contribution in [0.15, 0.2) is 48.5 Å². The van der Waals surface area contributed by atoms with E-state index in [4.69, 9.17) is 4.74 Å². The standard InChI is InChI=1S/C22H26N2O3S/c1-27-19-13-11-18(12-14-19)24-22(26)16-7-9-17(10-8-16)23-21(25)15-28-20-5-3-2-4-6-20/h7-14,20H,2-6,15H2,1H3,(H,23,25)(H,24,26). The van der Waals surface area contributed by atoms with Gasteiger partial charge in [-0.05, 0) is 61.4 Å². The van der Waals surface area contributed by atoms with Gasteiger partial charge < -0.3 is 15.4 Å². The third-order valence-electron chi connectivity index (χ3n) is 4.78. The van der Waals surface area contributed by atoms with Crippen molar-refractivity contribution in [3.8, 4) is 5.75 Å². The Hall–Kier alpha value is -2.47. The van der Waals surface area contributed by atoms with Gasteiger partial charge in [0.05, 0.1) is 12.9 Å². The van der Waals surface area contributed by atoms with Crippen LogP contribution < -0.4 is 15.4 Å². The fourth-order valence-electron chi connectivity index (χ4n) is 3.20. The Balaban J connectivity index is 1.47. The van der Waals surface area contributed by atoms with Crippen LogP contribution in [0.5, 0.6) is 5.75 Å². The second-order valence-electron chi connectivity index (χ2n) is 6.88. The first-order valence-electron chi connectivity index (χ1n) is 9.61. The second-order valence-corrected chi connectivity index (χ2v) is 8.17. The molecule has 3 rings (SSSR count). The van der Waals surface area contributed by atoms with Gasteiger partial charge in [0.25, 0.3) is 5.91 Å². The molecule has 2 amide bonds. The number of amides is 2. The van der Waals surface area contributed by atoms with Crippen molar-refractivity contribution in [1.82, 2.24) is 0 Å². The molecule has 0 saturated heterocycles. The van der Waals surface area contributed by atoms with Gasteiger partial charge >= 0.3 is 0 Å². The summed E-state index contributed by atoms with van der Waals surface area (Å²) in [4.78, 5) is 24.5. The average Bonchev–Trinajstić information content (AvgIpc) is 2.74. The van der Waals surface area contributed by atoms with Crippen molar-refractivity contribution in [3.63, 3.8) is 0 Å². The number of methoxy groups -OCH3 is 1. The number of rotatable bonds is 7. The van der Waals surface area contributed by atoms with Gasteiger partial charge in [-0.3, -0.25) is 9.59 Å². The van der Waals surface area contributed by atoms with Gasteiger partial charge in [0, 0.05) is 22.2 Å². The van der Waals surface area contributed by atoms with E-state index < -0.39 is 0 Å². The van der Waals surface area contributed by atoms with Crippen molar-refractivity contribution in [2.75, 3.05) is 23.5 Å². The van der Waals surface area contributed by atoms with Crippen LogP contribution in [0.2, 0.25) is 0 Å². The van der Waals surface area contributed by atoms with E-state index in [-0.39, 0.29) is 11.8 Å². The number of nitrogens with one attached hydrogen (secondary N) is 2. The molecule has 2 N–H and O–H groups in total. The first-order chi connectivity index (χ1) is 13.6. The van der Waals surface area contributed by atoms with Crippen molar-refractivity contribution >= 4 is 35.0 Å². The molecule has 0 aromatic heterocycles. The van der Waals surface area contributed by atoms with E-state index >= 15 is 0 Å². The molecule has 0 atom stereocenters. The van der Waals surface area contributed by atoms with E-state index in [0.717, 1.165) is 5.75 Å². The lowest BCUT2D eigenvalue weighted by atomic mass is 10.0. The first-order valence-corrected chi connectivity index (χ1v) is 10.7. The number of thioether (sulfide) groups is 1. The zero-order valence-electron chi connectivity index (χ0n) is 16.1. The van der Waals surface area contributed by atoms with Crippen LogP contribution >= 0.6 is 11.8 Å². The zero-order valence-corrected chi connectivity index (χ0v) is 16.9. The SMILES string of the molecule is COc1ccc(NC(=O)c2ccc(NC(=O)CSC3CCCCC3)cc2)cc1. The highest BCUT2D eigenvalue weighted by molar-refractivity contribution is 8.00. The summed E-state index contributed by atoms with van der Waals surface area (Å²) in [5, 5.41) is 6.36. The third kappa shape index (κ3) is 6.02. The van der Waals surface area contributed by atoms with Crippen LogP contribution in [-0.2, 0) is 4.79 Å². The Bertz CT molecular complexity index is 784. The van der Waals surface area contributed by atoms with Crippen LogP contribution in [0.25, 0.3) is 0 Å². The molecule has 2 aromatic rings. The van der Waals surface area contributed by atoms with E-state index in [1.165, 1.54) is 32.1 Å². The summed E-state index contributed by atoms with van der Waals surface area (Å²) >= 11 is 1.75. The molecule has 6 heteroatoms. The Morgan fingerprint density at radius 1 is 0.929 bits per heavy atom. The highest BCUT2D eigenvalue weighted by Gasteiger charge is 2.15. The van der Waals surface area contributed by atoms with Gasteiger partial charge in [0.1, 0.15) is 5.75 Å². The largest absolute Gasteiger partial charge is 0.497 e. The highest BCUT2D eigenvalue weighted by Crippen LogP contribution is 2.28. The molecule has 0 spiro atoms. The molecule has 1 aliphatic carbocycles. The van der Waals surface area contributed by atoms with Crippen LogP contribution in [0.1, 0.15) is 42.5 Å². The number of benzene rings is 2. The lowest BCUT2D eigenvalue weighted by molar-refractivity contribution is -0.113. The predicted molar refractivity (Wildman–Crippen MR) is 115 cm³/mol. The van der Waals surface area contributed by atoms with Gasteiger partial charge in [0.2, 0.25) is 5.91 Å². The van der Waals surface area contributed by atoms with Gasteiger partial charge in [-0.1, -0.05) is 19.3 Å². The Morgan fingerprint density at radius 3 is 2.18 bits per heavy atom. The predicted octanol–water partition coefficient (Wildman–Crippen LogP) is 4.95. The lowest BCUT2D eigenvalue weighted by Gasteiger charge is -2.20. The maximum Gasteiger partial charge on any atom is 0.255 e. The van der Waals surface area contributed by atoms with Gasteiger partial charge in [0.15, 0.2) is 0 Å². The van der Waals surface area contributed by atoms with Gasteiger partial charge in [-0.2, -0.15) is 0 Å². The number of carbonyl (C=O) groups excluding carboxylic acids is 2. The summed E-state index contributed by atoms with van der Waals surface area (Å²) in [5.74, 6) is 1.02. The Morgan fingerprint density at radius 2 is 1.54 bits per heavy atom. The van der Waals surface area contributed by atoms with Gasteiger partial charge in [-0.25, -0.2) is 0 Å². The molecule has 0 bridgehead atoms. The minimum Gasteiger partial charge on any atom is -0.497 e. The van der Waals surface area contributed by atoms with E-state index in [2.05, 4.69) is 10.6 Å². The Labute approximate surface area is 170 Å². The summed E-state index contributed by atoms with van der Waals surface area (Å²) in [6, 6.07) is 14.1. The number of hydrogen-bond donors (Lipinski definition) is 2. The number of anilines is 2. The van der Waals surface area contributed by atoms with E-state index in [1.807, 2.05) is 0 Å². The minimum absolute atomic E-state index is 0.00556. The van der Waals surface area contributed by atoms with E-state index in [0.29, 0.717) is 27.9 Å². The van der Waals surface area contributed by atoms with Crippen LogP contribution in [-0.4, -0.2) is 29.9 Å². The van der Waals surface area contributed by atoms with Crippen LogP contribution in [0.3, 0.4) is 0 Å². The number of ether oxygens (including phenoxy) is 1. The summed E-state index contributed by atoms with van der Waals surface area (Å²) in [5.41, 5.74) is 1.93. The molecular weight excluding hydrogens is 372 g/mol. The fourth-order valence-corrected chi connectivity index (χ4v) is 4.33. The molecule has 0 aliphatic heterocycles. The molecule has 1 aliphatic rings. The monoisotopic (exact) mass is 398 g/mol. The molecule has 1 saturated carbocycles. The molecule has 2 aromatic carbocycles. The van der Waals surface area contributed by atoms with Crippen LogP contribution in [0, 0.1) is 0 Å². The summed E-state index contributed by atoms with van der Waals surface area (Å²) in [7, 11) is 1.60. The number of hydrogen-bond acceptors (Lipinski definition) is 4. The topological polar surface area (TPSA) is 67.4 Å². The molecule has 28 heavy (non-hydrogen) atoms. The van der Waals surface area contributed by atoms with Crippen molar-refractivity contribution in [2.45, 2.75) is 37.4 Å². The quantitative estimate of drug-likeness (QED) is 0.692. The van der Waals surface area contributed by atoms with Crippen molar-refractivity contribution in [2.24, 2.45) is 0 Å². The molecule has 0 unspecified atom stereocenters.